The molecule has 0 unspecified atom stereocenters. The van der Waals surface area contributed by atoms with Crippen LogP contribution in [0.25, 0.3) is 0 Å². The number of ether oxygens (including phenoxy) is 1. The van der Waals surface area contributed by atoms with Crippen LogP contribution in [0.1, 0.15) is 44.1 Å². The summed E-state index contributed by atoms with van der Waals surface area (Å²) in [5.74, 6) is 0.830. The smallest absolute Gasteiger partial charge is 0.120 e. The molecule has 0 saturated heterocycles. The molecule has 1 aliphatic rings. The average molecular weight is 278 g/mol. The van der Waals surface area contributed by atoms with Crippen LogP contribution in [0.4, 0.5) is 5.69 Å². The zero-order chi connectivity index (χ0) is 13.7. The minimum Gasteiger partial charge on any atom is -0.497 e. The van der Waals surface area contributed by atoms with Crippen LogP contribution in [0.15, 0.2) is 18.2 Å². The van der Waals surface area contributed by atoms with E-state index in [4.69, 9.17) is 22.7 Å². The van der Waals surface area contributed by atoms with Gasteiger partial charge in [-0.2, -0.15) is 0 Å². The maximum absolute atomic E-state index is 5.79. The first-order valence-electron chi connectivity index (χ1n) is 6.95. The third kappa shape index (κ3) is 3.83. The first-order valence-corrected chi connectivity index (χ1v) is 7.36. The van der Waals surface area contributed by atoms with Gasteiger partial charge >= 0.3 is 0 Å². The quantitative estimate of drug-likeness (QED) is 0.654. The van der Waals surface area contributed by atoms with E-state index in [2.05, 4.69) is 5.32 Å². The van der Waals surface area contributed by atoms with Gasteiger partial charge in [0, 0.05) is 23.4 Å². The first kappa shape index (κ1) is 14.1. The third-order valence-corrected chi connectivity index (χ3v) is 3.93. The van der Waals surface area contributed by atoms with Crippen LogP contribution < -0.4 is 15.8 Å². The van der Waals surface area contributed by atoms with Crippen LogP contribution >= 0.6 is 12.2 Å². The molecule has 104 valence electrons. The number of anilines is 1. The van der Waals surface area contributed by atoms with Crippen LogP contribution in [0.2, 0.25) is 0 Å². The van der Waals surface area contributed by atoms with E-state index in [1.165, 1.54) is 38.5 Å². The molecule has 0 atom stereocenters. The molecular weight excluding hydrogens is 256 g/mol. The number of nitrogens with two attached hydrogens (primary N) is 1. The van der Waals surface area contributed by atoms with Crippen molar-refractivity contribution in [2.24, 2.45) is 5.73 Å². The summed E-state index contributed by atoms with van der Waals surface area (Å²) >= 11 is 5.12. The van der Waals surface area contributed by atoms with E-state index in [-0.39, 0.29) is 0 Å². The van der Waals surface area contributed by atoms with E-state index < -0.39 is 0 Å². The standard InChI is InChI=1S/C15H22N2OS/c1-18-12-8-9-13(15(16)19)14(10-12)17-11-6-4-2-3-5-7-11/h8-11,17H,2-7H2,1H3,(H2,16,19). The fourth-order valence-electron chi connectivity index (χ4n) is 2.63. The Hall–Kier alpha value is -1.29. The van der Waals surface area contributed by atoms with E-state index in [0.29, 0.717) is 11.0 Å². The fourth-order valence-corrected chi connectivity index (χ4v) is 2.81. The lowest BCUT2D eigenvalue weighted by Crippen LogP contribution is -2.21. The highest BCUT2D eigenvalue weighted by Gasteiger charge is 2.15. The zero-order valence-corrected chi connectivity index (χ0v) is 12.3. The summed E-state index contributed by atoms with van der Waals surface area (Å²) < 4.78 is 5.28. The highest BCUT2D eigenvalue weighted by Crippen LogP contribution is 2.26. The van der Waals surface area contributed by atoms with E-state index in [9.17, 15) is 0 Å². The summed E-state index contributed by atoms with van der Waals surface area (Å²) in [6, 6.07) is 6.33. The van der Waals surface area contributed by atoms with Crippen molar-refractivity contribution >= 4 is 22.9 Å². The SMILES string of the molecule is COc1ccc(C(N)=S)c(NC2CCCCCC2)c1. The van der Waals surface area contributed by atoms with E-state index in [1.807, 2.05) is 18.2 Å². The topological polar surface area (TPSA) is 47.3 Å². The number of thiocarbonyl (C=S) groups is 1. The van der Waals surface area contributed by atoms with Gasteiger partial charge in [0.15, 0.2) is 0 Å². The van der Waals surface area contributed by atoms with Crippen LogP contribution in [-0.2, 0) is 0 Å². The van der Waals surface area contributed by atoms with Crippen LogP contribution in [0.5, 0.6) is 5.75 Å². The van der Waals surface area contributed by atoms with Crippen LogP contribution in [0, 0.1) is 0 Å². The summed E-state index contributed by atoms with van der Waals surface area (Å²) in [6.45, 7) is 0. The lowest BCUT2D eigenvalue weighted by Gasteiger charge is -2.20. The first-order chi connectivity index (χ1) is 9.20. The largest absolute Gasteiger partial charge is 0.497 e. The molecule has 0 aromatic heterocycles. The molecule has 0 radical (unpaired) electrons. The molecule has 3 N–H and O–H groups in total. The van der Waals surface area contributed by atoms with Crippen molar-refractivity contribution in [1.82, 2.24) is 0 Å². The van der Waals surface area contributed by atoms with Crippen LogP contribution in [-0.4, -0.2) is 18.1 Å². The van der Waals surface area contributed by atoms with Gasteiger partial charge in [-0.25, -0.2) is 0 Å². The Balaban J connectivity index is 2.18. The van der Waals surface area contributed by atoms with Crippen molar-refractivity contribution in [2.45, 2.75) is 44.6 Å². The molecule has 4 heteroatoms. The lowest BCUT2D eigenvalue weighted by atomic mass is 10.1. The van der Waals surface area contributed by atoms with Crippen molar-refractivity contribution in [3.8, 4) is 5.75 Å². The number of nitrogens with one attached hydrogen (secondary N) is 1. The predicted octanol–water partition coefficient (Wildman–Crippen LogP) is 3.46. The van der Waals surface area contributed by atoms with Crippen molar-refractivity contribution in [1.29, 1.82) is 0 Å². The van der Waals surface area contributed by atoms with Gasteiger partial charge in [0.25, 0.3) is 0 Å². The molecule has 0 aliphatic heterocycles. The fraction of sp³-hybridized carbons (Fsp3) is 0.533. The zero-order valence-electron chi connectivity index (χ0n) is 11.4. The van der Waals surface area contributed by atoms with Crippen molar-refractivity contribution in [3.63, 3.8) is 0 Å². The molecule has 1 aliphatic carbocycles. The van der Waals surface area contributed by atoms with Crippen LogP contribution in [0.3, 0.4) is 0 Å². The molecule has 1 saturated carbocycles. The van der Waals surface area contributed by atoms with Gasteiger partial charge in [-0.3, -0.25) is 0 Å². The van der Waals surface area contributed by atoms with Gasteiger partial charge < -0.3 is 15.8 Å². The second kappa shape index (κ2) is 6.75. The normalized spacial score (nSPS) is 16.7. The number of hydrogen-bond acceptors (Lipinski definition) is 3. The molecule has 3 nitrogen and oxygen atoms in total. The van der Waals surface area contributed by atoms with Gasteiger partial charge in [-0.1, -0.05) is 37.9 Å². The van der Waals surface area contributed by atoms with Gasteiger partial charge in [-0.05, 0) is 25.0 Å². The minimum atomic E-state index is 0.429. The van der Waals surface area contributed by atoms with Crippen molar-refractivity contribution < 1.29 is 4.74 Å². The highest BCUT2D eigenvalue weighted by molar-refractivity contribution is 7.80. The number of benzene rings is 1. The molecule has 0 spiro atoms. The van der Waals surface area contributed by atoms with Gasteiger partial charge in [0.1, 0.15) is 10.7 Å². The Morgan fingerprint density at radius 3 is 2.53 bits per heavy atom. The molecule has 2 rings (SSSR count). The third-order valence-electron chi connectivity index (χ3n) is 3.71. The predicted molar refractivity (Wildman–Crippen MR) is 84.0 cm³/mol. The van der Waals surface area contributed by atoms with Gasteiger partial charge in [0.05, 0.1) is 7.11 Å². The minimum absolute atomic E-state index is 0.429. The Morgan fingerprint density at radius 2 is 1.95 bits per heavy atom. The maximum Gasteiger partial charge on any atom is 0.120 e. The second-order valence-corrected chi connectivity index (χ2v) is 5.55. The average Bonchev–Trinajstić information content (AvgIpc) is 2.67. The molecule has 0 amide bonds. The van der Waals surface area contributed by atoms with Crippen molar-refractivity contribution in [2.75, 3.05) is 12.4 Å². The highest BCUT2D eigenvalue weighted by atomic mass is 32.1. The number of hydrogen-bond donors (Lipinski definition) is 2. The Kier molecular flexibility index (Phi) is 5.02. The molecule has 1 aromatic carbocycles. The van der Waals surface area contributed by atoms with Gasteiger partial charge in [-0.15, -0.1) is 0 Å². The van der Waals surface area contributed by atoms with E-state index in [0.717, 1.165) is 17.0 Å². The monoisotopic (exact) mass is 278 g/mol. The van der Waals surface area contributed by atoms with Crippen molar-refractivity contribution in [3.05, 3.63) is 23.8 Å². The molecule has 19 heavy (non-hydrogen) atoms. The molecule has 0 heterocycles. The summed E-state index contributed by atoms with van der Waals surface area (Å²) in [5.41, 5.74) is 7.69. The second-order valence-electron chi connectivity index (χ2n) is 5.11. The van der Waals surface area contributed by atoms with Gasteiger partial charge in [0.2, 0.25) is 0 Å². The summed E-state index contributed by atoms with van der Waals surface area (Å²) in [7, 11) is 1.67. The Labute approximate surface area is 120 Å². The summed E-state index contributed by atoms with van der Waals surface area (Å²) in [5, 5.41) is 3.60. The number of rotatable bonds is 4. The summed E-state index contributed by atoms with van der Waals surface area (Å²) in [4.78, 5) is 0.429. The Bertz CT molecular complexity index is 440. The molecular formula is C15H22N2OS. The Morgan fingerprint density at radius 1 is 1.26 bits per heavy atom. The maximum atomic E-state index is 5.79. The van der Waals surface area contributed by atoms with E-state index >= 15 is 0 Å². The summed E-state index contributed by atoms with van der Waals surface area (Å²) in [6.07, 6.45) is 7.72. The number of methoxy groups -OCH3 is 1. The molecule has 1 aromatic rings. The lowest BCUT2D eigenvalue weighted by molar-refractivity contribution is 0.415. The molecule has 1 fully saturated rings. The molecule has 0 bridgehead atoms. The van der Waals surface area contributed by atoms with E-state index in [1.54, 1.807) is 7.11 Å².